The molecule has 0 spiro atoms. The predicted molar refractivity (Wildman–Crippen MR) is 90.4 cm³/mol. The topological polar surface area (TPSA) is 164 Å². The maximum Gasteiger partial charge on any atom is 0.491 e. The first-order valence-corrected chi connectivity index (χ1v) is 7.54. The minimum absolute atomic E-state index is 0.0186. The maximum absolute atomic E-state index is 12.3. The Morgan fingerprint density at radius 1 is 1.15 bits per heavy atom. The third kappa shape index (κ3) is 4.04. The van der Waals surface area contributed by atoms with Gasteiger partial charge in [-0.25, -0.2) is 4.68 Å². The predicted octanol–water partition coefficient (Wildman–Crippen LogP) is 1.70. The highest BCUT2D eigenvalue weighted by Gasteiger charge is 2.19. The van der Waals surface area contributed by atoms with Crippen LogP contribution in [0, 0.1) is 20.2 Å². The van der Waals surface area contributed by atoms with Crippen LogP contribution in [0.2, 0.25) is 5.02 Å². The van der Waals surface area contributed by atoms with Gasteiger partial charge in [-0.15, -0.1) is 0 Å². The Bertz CT molecular complexity index is 1050. The Kier molecular flexibility index (Phi) is 4.76. The van der Waals surface area contributed by atoms with Crippen molar-refractivity contribution >= 4 is 34.8 Å². The Balaban J connectivity index is 1.73. The van der Waals surface area contributed by atoms with Crippen molar-refractivity contribution < 1.29 is 14.6 Å². The molecule has 13 nitrogen and oxygen atoms in total. The van der Waals surface area contributed by atoms with Crippen LogP contribution in [0.4, 0.5) is 17.3 Å². The van der Waals surface area contributed by atoms with E-state index in [4.69, 9.17) is 11.6 Å². The molecule has 3 aromatic rings. The van der Waals surface area contributed by atoms with Crippen molar-refractivity contribution in [2.45, 2.75) is 6.67 Å². The lowest BCUT2D eigenvalue weighted by Gasteiger charge is -2.04. The highest BCUT2D eigenvalue weighted by Crippen LogP contribution is 2.28. The van der Waals surface area contributed by atoms with E-state index >= 15 is 0 Å². The molecule has 0 aliphatic carbocycles. The summed E-state index contributed by atoms with van der Waals surface area (Å²) in [7, 11) is 0. The van der Waals surface area contributed by atoms with E-state index in [1.807, 2.05) is 0 Å². The molecule has 0 radical (unpaired) electrons. The van der Waals surface area contributed by atoms with Crippen LogP contribution in [0.5, 0.6) is 0 Å². The summed E-state index contributed by atoms with van der Waals surface area (Å²) in [6.07, 6.45) is 2.59. The van der Waals surface area contributed by atoms with E-state index in [1.165, 1.54) is 29.1 Å². The van der Waals surface area contributed by atoms with Gasteiger partial charge in [-0.1, -0.05) is 16.6 Å². The van der Waals surface area contributed by atoms with Gasteiger partial charge in [0.1, 0.15) is 5.69 Å². The van der Waals surface area contributed by atoms with Crippen molar-refractivity contribution in [3.63, 3.8) is 0 Å². The zero-order chi connectivity index (χ0) is 19.6. The summed E-state index contributed by atoms with van der Waals surface area (Å²) >= 11 is 5.73. The van der Waals surface area contributed by atoms with Crippen LogP contribution in [-0.2, 0) is 6.67 Å². The molecule has 14 heteroatoms. The minimum atomic E-state index is -0.739. The summed E-state index contributed by atoms with van der Waals surface area (Å²) in [5.41, 5.74) is -0.407. The molecular weight excluding hydrogens is 384 g/mol. The standard InChI is InChI=1S/C13H9ClN8O5/c14-8-1-2-9(11(5-8)21(24)25)16-12(23)10-3-4-19(17-10)7-20-6-15-13(18-20)22(26)27/h1-6H,7H2,(H,16,23). The third-order valence-corrected chi connectivity index (χ3v) is 3.49. The summed E-state index contributed by atoms with van der Waals surface area (Å²) in [6, 6.07) is 5.21. The molecular formula is C13H9ClN8O5. The number of nitro benzene ring substituents is 1. The van der Waals surface area contributed by atoms with Gasteiger partial charge in [0.25, 0.3) is 11.6 Å². The van der Waals surface area contributed by atoms with Crippen molar-refractivity contribution in [3.05, 3.63) is 67.7 Å². The molecule has 0 bridgehead atoms. The van der Waals surface area contributed by atoms with Gasteiger partial charge in [0, 0.05) is 22.4 Å². The molecule has 1 N–H and O–H groups in total. The molecule has 0 aliphatic heterocycles. The van der Waals surface area contributed by atoms with Crippen molar-refractivity contribution in [2.24, 2.45) is 0 Å². The third-order valence-electron chi connectivity index (χ3n) is 3.26. The molecule has 0 atom stereocenters. The zero-order valence-electron chi connectivity index (χ0n) is 13.2. The number of halogens is 1. The minimum Gasteiger partial charge on any atom is -0.390 e. The number of carbonyl (C=O) groups is 1. The second-order valence-electron chi connectivity index (χ2n) is 5.10. The van der Waals surface area contributed by atoms with E-state index < -0.39 is 21.7 Å². The van der Waals surface area contributed by atoms with E-state index in [0.717, 1.165) is 17.1 Å². The molecule has 138 valence electrons. The number of benzene rings is 1. The number of nitrogens with one attached hydrogen (secondary N) is 1. The molecule has 27 heavy (non-hydrogen) atoms. The number of nitro groups is 2. The SMILES string of the molecule is O=C(Nc1ccc(Cl)cc1[N+](=O)[O-])c1ccn(Cn2cnc([N+](=O)[O-])n2)n1. The Hall–Kier alpha value is -3.87. The van der Waals surface area contributed by atoms with Crippen LogP contribution in [0.3, 0.4) is 0 Å². The fourth-order valence-electron chi connectivity index (χ4n) is 2.09. The van der Waals surface area contributed by atoms with Crippen LogP contribution in [0.1, 0.15) is 10.5 Å². The van der Waals surface area contributed by atoms with Crippen LogP contribution in [0.15, 0.2) is 36.8 Å². The van der Waals surface area contributed by atoms with Crippen molar-refractivity contribution in [2.75, 3.05) is 5.32 Å². The lowest BCUT2D eigenvalue weighted by atomic mass is 10.2. The van der Waals surface area contributed by atoms with Crippen molar-refractivity contribution in [1.29, 1.82) is 0 Å². The largest absolute Gasteiger partial charge is 0.491 e. The number of hydrogen-bond acceptors (Lipinski definition) is 8. The highest BCUT2D eigenvalue weighted by molar-refractivity contribution is 6.31. The zero-order valence-corrected chi connectivity index (χ0v) is 14.0. The number of rotatable bonds is 6. The molecule has 0 saturated carbocycles. The average Bonchev–Trinajstić information content (AvgIpc) is 3.26. The Morgan fingerprint density at radius 2 is 1.93 bits per heavy atom. The molecule has 0 saturated heterocycles. The fourth-order valence-corrected chi connectivity index (χ4v) is 2.26. The smallest absolute Gasteiger partial charge is 0.390 e. The summed E-state index contributed by atoms with van der Waals surface area (Å²) in [5, 5.41) is 31.8. The molecule has 0 aliphatic rings. The summed E-state index contributed by atoms with van der Waals surface area (Å²) in [6.45, 7) is -0.0186. The lowest BCUT2D eigenvalue weighted by Crippen LogP contribution is -2.15. The van der Waals surface area contributed by atoms with Gasteiger partial charge in [-0.2, -0.15) is 9.78 Å². The van der Waals surface area contributed by atoms with E-state index in [9.17, 15) is 25.0 Å². The number of aromatic nitrogens is 5. The molecule has 2 aromatic heterocycles. The monoisotopic (exact) mass is 392 g/mol. The Labute approximate surface area is 154 Å². The van der Waals surface area contributed by atoms with E-state index in [1.54, 1.807) is 0 Å². The van der Waals surface area contributed by atoms with Gasteiger partial charge in [-0.05, 0) is 23.1 Å². The van der Waals surface area contributed by atoms with Gasteiger partial charge in [0.05, 0.1) is 4.92 Å². The molecule has 2 heterocycles. The number of carbonyl (C=O) groups excluding carboxylic acids is 1. The molecule has 0 fully saturated rings. The van der Waals surface area contributed by atoms with Gasteiger partial charge in [0.2, 0.25) is 6.33 Å². The number of hydrogen-bond donors (Lipinski definition) is 1. The van der Waals surface area contributed by atoms with Gasteiger partial charge in [-0.3, -0.25) is 14.9 Å². The number of amides is 1. The molecule has 0 unspecified atom stereocenters. The van der Waals surface area contributed by atoms with Crippen molar-refractivity contribution in [3.8, 4) is 0 Å². The van der Waals surface area contributed by atoms with E-state index in [0.29, 0.717) is 0 Å². The second-order valence-corrected chi connectivity index (χ2v) is 5.53. The molecule has 1 aromatic carbocycles. The van der Waals surface area contributed by atoms with Gasteiger partial charge >= 0.3 is 5.95 Å². The van der Waals surface area contributed by atoms with E-state index in [-0.39, 0.29) is 28.8 Å². The summed E-state index contributed by atoms with van der Waals surface area (Å²) < 4.78 is 2.46. The van der Waals surface area contributed by atoms with Gasteiger partial charge < -0.3 is 15.4 Å². The second kappa shape index (κ2) is 7.17. The lowest BCUT2D eigenvalue weighted by molar-refractivity contribution is -0.394. The van der Waals surface area contributed by atoms with Crippen LogP contribution < -0.4 is 5.32 Å². The maximum atomic E-state index is 12.3. The van der Waals surface area contributed by atoms with Crippen molar-refractivity contribution in [1.82, 2.24) is 24.5 Å². The average molecular weight is 393 g/mol. The van der Waals surface area contributed by atoms with E-state index in [2.05, 4.69) is 20.5 Å². The quantitative estimate of drug-likeness (QED) is 0.489. The summed E-state index contributed by atoms with van der Waals surface area (Å²) in [4.78, 5) is 36.0. The number of anilines is 1. The first-order valence-electron chi connectivity index (χ1n) is 7.16. The normalized spacial score (nSPS) is 10.6. The number of nitrogens with zero attached hydrogens (tertiary/aromatic N) is 7. The molecule has 3 rings (SSSR count). The fraction of sp³-hybridized carbons (Fsp3) is 0.0769. The van der Waals surface area contributed by atoms with Crippen LogP contribution >= 0.6 is 11.6 Å². The first kappa shape index (κ1) is 17.9. The summed E-state index contributed by atoms with van der Waals surface area (Å²) in [5.74, 6) is -1.24. The molecule has 1 amide bonds. The Morgan fingerprint density at radius 3 is 2.59 bits per heavy atom. The highest BCUT2D eigenvalue weighted by atomic mass is 35.5. The van der Waals surface area contributed by atoms with Crippen LogP contribution in [-0.4, -0.2) is 40.3 Å². The van der Waals surface area contributed by atoms with Crippen LogP contribution in [0.25, 0.3) is 0 Å². The first-order chi connectivity index (χ1) is 12.8. The van der Waals surface area contributed by atoms with Gasteiger partial charge in [0.15, 0.2) is 12.4 Å².